The standard InChI is InChI=1S/C16H29N3O/c1-3-14-8-5-6-9-15(14)19-12-11-18-16(19)17-10-7-13-20-4-2/h11-12,14-15H,3-10,13H2,1-2H3,(H,17,18). The summed E-state index contributed by atoms with van der Waals surface area (Å²) in [6.45, 7) is 6.91. The second-order valence-corrected chi connectivity index (χ2v) is 5.66. The Bertz CT molecular complexity index is 378. The van der Waals surface area contributed by atoms with Gasteiger partial charge in [0.25, 0.3) is 0 Å². The molecule has 1 aliphatic rings. The van der Waals surface area contributed by atoms with Gasteiger partial charge in [0.2, 0.25) is 5.95 Å². The van der Waals surface area contributed by atoms with Crippen LogP contribution in [0.25, 0.3) is 0 Å². The van der Waals surface area contributed by atoms with Gasteiger partial charge in [0, 0.05) is 38.2 Å². The van der Waals surface area contributed by atoms with E-state index in [4.69, 9.17) is 4.74 Å². The smallest absolute Gasteiger partial charge is 0.203 e. The molecular weight excluding hydrogens is 250 g/mol. The Kier molecular flexibility index (Phi) is 6.37. The molecule has 1 aromatic heterocycles. The van der Waals surface area contributed by atoms with E-state index in [1.807, 2.05) is 13.1 Å². The van der Waals surface area contributed by atoms with E-state index in [0.29, 0.717) is 6.04 Å². The predicted octanol–water partition coefficient (Wildman–Crippen LogP) is 3.86. The van der Waals surface area contributed by atoms with Gasteiger partial charge >= 0.3 is 0 Å². The average molecular weight is 279 g/mol. The van der Waals surface area contributed by atoms with E-state index < -0.39 is 0 Å². The van der Waals surface area contributed by atoms with Crippen LogP contribution in [0.1, 0.15) is 58.4 Å². The molecule has 114 valence electrons. The quantitative estimate of drug-likeness (QED) is 0.734. The number of nitrogens with one attached hydrogen (secondary N) is 1. The zero-order valence-electron chi connectivity index (χ0n) is 13.0. The number of hydrogen-bond donors (Lipinski definition) is 1. The third-order valence-electron chi connectivity index (χ3n) is 4.37. The summed E-state index contributed by atoms with van der Waals surface area (Å²) < 4.78 is 7.74. The van der Waals surface area contributed by atoms with Crippen LogP contribution in [0.3, 0.4) is 0 Å². The lowest BCUT2D eigenvalue weighted by Gasteiger charge is -2.32. The lowest BCUT2D eigenvalue weighted by Crippen LogP contribution is -2.24. The Labute approximate surface area is 122 Å². The van der Waals surface area contributed by atoms with Crippen LogP contribution >= 0.6 is 0 Å². The molecule has 0 bridgehead atoms. The topological polar surface area (TPSA) is 39.1 Å². The van der Waals surface area contributed by atoms with E-state index in [-0.39, 0.29) is 0 Å². The Hall–Kier alpha value is -1.03. The molecule has 0 radical (unpaired) electrons. The highest BCUT2D eigenvalue weighted by Gasteiger charge is 2.26. The number of imidazole rings is 1. The summed E-state index contributed by atoms with van der Waals surface area (Å²) in [5.74, 6) is 1.84. The van der Waals surface area contributed by atoms with Crippen LogP contribution in [0.15, 0.2) is 12.4 Å². The van der Waals surface area contributed by atoms with Gasteiger partial charge < -0.3 is 14.6 Å². The molecule has 4 heteroatoms. The van der Waals surface area contributed by atoms with Gasteiger partial charge in [-0.25, -0.2) is 4.98 Å². The fourth-order valence-electron chi connectivity index (χ4n) is 3.27. The maximum atomic E-state index is 5.37. The third-order valence-corrected chi connectivity index (χ3v) is 4.37. The van der Waals surface area contributed by atoms with Crippen LogP contribution in [0.4, 0.5) is 5.95 Å². The summed E-state index contributed by atoms with van der Waals surface area (Å²) in [6, 6.07) is 0.630. The van der Waals surface area contributed by atoms with Gasteiger partial charge in [-0.15, -0.1) is 0 Å². The van der Waals surface area contributed by atoms with Gasteiger partial charge in [-0.1, -0.05) is 26.2 Å². The number of nitrogens with zero attached hydrogens (tertiary/aromatic N) is 2. The molecule has 2 atom stereocenters. The molecule has 1 saturated carbocycles. The molecule has 0 saturated heterocycles. The molecule has 1 aromatic rings. The van der Waals surface area contributed by atoms with Crippen LogP contribution < -0.4 is 5.32 Å². The minimum Gasteiger partial charge on any atom is -0.382 e. The van der Waals surface area contributed by atoms with Gasteiger partial charge in [-0.3, -0.25) is 0 Å². The maximum Gasteiger partial charge on any atom is 0.203 e. The molecule has 20 heavy (non-hydrogen) atoms. The highest BCUT2D eigenvalue weighted by molar-refractivity contribution is 5.26. The number of aromatic nitrogens is 2. The summed E-state index contributed by atoms with van der Waals surface area (Å²) in [5, 5.41) is 3.47. The zero-order valence-corrected chi connectivity index (χ0v) is 13.0. The molecule has 1 aliphatic carbocycles. The summed E-state index contributed by atoms with van der Waals surface area (Å²) in [7, 11) is 0. The van der Waals surface area contributed by atoms with Gasteiger partial charge in [0.1, 0.15) is 0 Å². The van der Waals surface area contributed by atoms with E-state index in [1.165, 1.54) is 32.1 Å². The Morgan fingerprint density at radius 3 is 3.00 bits per heavy atom. The van der Waals surface area contributed by atoms with Gasteiger partial charge in [0.05, 0.1) is 0 Å². The second kappa shape index (κ2) is 8.30. The van der Waals surface area contributed by atoms with Crippen molar-refractivity contribution in [1.82, 2.24) is 9.55 Å². The van der Waals surface area contributed by atoms with Crippen molar-refractivity contribution in [3.63, 3.8) is 0 Å². The first-order valence-corrected chi connectivity index (χ1v) is 8.21. The van der Waals surface area contributed by atoms with E-state index in [9.17, 15) is 0 Å². The second-order valence-electron chi connectivity index (χ2n) is 5.66. The third kappa shape index (κ3) is 3.98. The number of ether oxygens (including phenoxy) is 1. The van der Waals surface area contributed by atoms with Crippen LogP contribution in [0.5, 0.6) is 0 Å². The summed E-state index contributed by atoms with van der Waals surface area (Å²) in [5.41, 5.74) is 0. The molecule has 2 unspecified atom stereocenters. The first kappa shape index (κ1) is 15.4. The minimum atomic E-state index is 0.630. The molecule has 4 nitrogen and oxygen atoms in total. The Morgan fingerprint density at radius 1 is 1.35 bits per heavy atom. The highest BCUT2D eigenvalue weighted by Crippen LogP contribution is 2.37. The van der Waals surface area contributed by atoms with Crippen molar-refractivity contribution >= 4 is 5.95 Å². The molecule has 0 amide bonds. The van der Waals surface area contributed by atoms with Crippen LogP contribution in [-0.4, -0.2) is 29.3 Å². The van der Waals surface area contributed by atoms with Crippen LogP contribution in [-0.2, 0) is 4.74 Å². The normalized spacial score (nSPS) is 22.9. The van der Waals surface area contributed by atoms with Crippen LogP contribution in [0, 0.1) is 5.92 Å². The summed E-state index contributed by atoms with van der Waals surface area (Å²) in [6.07, 6.45) is 11.8. The van der Waals surface area contributed by atoms with Crippen molar-refractivity contribution < 1.29 is 4.74 Å². The minimum absolute atomic E-state index is 0.630. The lowest BCUT2D eigenvalue weighted by molar-refractivity contribution is 0.147. The van der Waals surface area contributed by atoms with E-state index >= 15 is 0 Å². The molecule has 0 spiro atoms. The maximum absolute atomic E-state index is 5.37. The van der Waals surface area contributed by atoms with Crippen LogP contribution in [0.2, 0.25) is 0 Å². The van der Waals surface area contributed by atoms with Crippen molar-refractivity contribution in [2.75, 3.05) is 25.1 Å². The molecular formula is C16H29N3O. The van der Waals surface area contributed by atoms with E-state index in [2.05, 4.69) is 28.0 Å². The van der Waals surface area contributed by atoms with Crippen molar-refractivity contribution in [3.05, 3.63) is 12.4 Å². The van der Waals surface area contributed by atoms with Crippen molar-refractivity contribution in [1.29, 1.82) is 0 Å². The number of rotatable bonds is 8. The highest BCUT2D eigenvalue weighted by atomic mass is 16.5. The predicted molar refractivity (Wildman–Crippen MR) is 83.1 cm³/mol. The lowest BCUT2D eigenvalue weighted by atomic mass is 9.83. The first-order valence-electron chi connectivity index (χ1n) is 8.21. The van der Waals surface area contributed by atoms with Gasteiger partial charge in [-0.2, -0.15) is 0 Å². The molecule has 2 rings (SSSR count). The van der Waals surface area contributed by atoms with Crippen molar-refractivity contribution in [2.45, 2.75) is 58.4 Å². The molecule has 1 heterocycles. The largest absolute Gasteiger partial charge is 0.382 e. The fourth-order valence-corrected chi connectivity index (χ4v) is 3.27. The van der Waals surface area contributed by atoms with Crippen molar-refractivity contribution in [2.24, 2.45) is 5.92 Å². The SMILES string of the molecule is CCOCCCNc1nccn1C1CCCCC1CC. The Balaban J connectivity index is 1.90. The monoisotopic (exact) mass is 279 g/mol. The molecule has 0 aromatic carbocycles. The average Bonchev–Trinajstić information content (AvgIpc) is 2.95. The fraction of sp³-hybridized carbons (Fsp3) is 0.812. The van der Waals surface area contributed by atoms with E-state index in [1.54, 1.807) is 0 Å². The summed E-state index contributed by atoms with van der Waals surface area (Å²) >= 11 is 0. The van der Waals surface area contributed by atoms with Gasteiger partial charge in [-0.05, 0) is 32.1 Å². The molecule has 1 N–H and O–H groups in total. The van der Waals surface area contributed by atoms with Gasteiger partial charge in [0.15, 0.2) is 0 Å². The van der Waals surface area contributed by atoms with Crippen molar-refractivity contribution in [3.8, 4) is 0 Å². The zero-order chi connectivity index (χ0) is 14.2. The number of anilines is 1. The molecule has 0 aliphatic heterocycles. The number of hydrogen-bond acceptors (Lipinski definition) is 3. The molecule has 1 fully saturated rings. The Morgan fingerprint density at radius 2 is 2.20 bits per heavy atom. The van der Waals surface area contributed by atoms with E-state index in [0.717, 1.165) is 38.0 Å². The first-order chi connectivity index (χ1) is 9.86. The summed E-state index contributed by atoms with van der Waals surface area (Å²) in [4.78, 5) is 4.49.